The van der Waals surface area contributed by atoms with Crippen LogP contribution in [-0.2, 0) is 15.8 Å². The van der Waals surface area contributed by atoms with E-state index in [0.29, 0.717) is 19.6 Å². The quantitative estimate of drug-likeness (QED) is 0.430. The molecule has 0 bridgehead atoms. The summed E-state index contributed by atoms with van der Waals surface area (Å²) >= 11 is 0. The molecule has 2 amide bonds. The number of carbonyl (C=O) groups is 3. The van der Waals surface area contributed by atoms with Crippen LogP contribution in [0.15, 0.2) is 24.3 Å². The van der Waals surface area contributed by atoms with E-state index in [1.54, 1.807) is 4.90 Å². The Balaban J connectivity index is 0.000000604. The van der Waals surface area contributed by atoms with Crippen molar-refractivity contribution >= 4 is 17.8 Å². The fourth-order valence-corrected chi connectivity index (χ4v) is 4.28. The predicted molar refractivity (Wildman–Crippen MR) is 122 cm³/mol. The van der Waals surface area contributed by atoms with Crippen LogP contribution in [0.3, 0.4) is 0 Å². The average molecular weight is 540 g/mol. The molecule has 7 nitrogen and oxygen atoms in total. The smallest absolute Gasteiger partial charge is 0.475 e. The SMILES string of the molecule is O=C(CCN(C(=O)c1ccc(C(F)(F)F)cc1)C1CCCCCC1)N1CCNCC1.O=C(O)C(F)(F)F. The number of hydrogen-bond acceptors (Lipinski definition) is 4. The summed E-state index contributed by atoms with van der Waals surface area (Å²) in [6.07, 6.45) is -3.25. The second-order valence-corrected chi connectivity index (χ2v) is 8.90. The number of nitrogens with one attached hydrogen (secondary N) is 1. The van der Waals surface area contributed by atoms with Crippen molar-refractivity contribution in [1.29, 1.82) is 0 Å². The summed E-state index contributed by atoms with van der Waals surface area (Å²) < 4.78 is 70.3. The zero-order chi connectivity index (χ0) is 27.6. The number of nitrogens with zero attached hydrogens (tertiary/aromatic N) is 2. The van der Waals surface area contributed by atoms with Gasteiger partial charge in [0.2, 0.25) is 5.91 Å². The molecule has 1 aromatic carbocycles. The van der Waals surface area contributed by atoms with E-state index in [9.17, 15) is 35.9 Å². The summed E-state index contributed by atoms with van der Waals surface area (Å²) in [5, 5.41) is 10.3. The topological polar surface area (TPSA) is 90.0 Å². The van der Waals surface area contributed by atoms with Crippen molar-refractivity contribution < 1.29 is 45.8 Å². The maximum atomic E-state index is 13.2. The lowest BCUT2D eigenvalue weighted by Gasteiger charge is -2.33. The van der Waals surface area contributed by atoms with Gasteiger partial charge in [-0.05, 0) is 37.1 Å². The van der Waals surface area contributed by atoms with Gasteiger partial charge >= 0.3 is 18.3 Å². The summed E-state index contributed by atoms with van der Waals surface area (Å²) in [7, 11) is 0. The number of aliphatic carboxylic acids is 1. The lowest BCUT2D eigenvalue weighted by molar-refractivity contribution is -0.192. The van der Waals surface area contributed by atoms with E-state index in [2.05, 4.69) is 5.32 Å². The van der Waals surface area contributed by atoms with Gasteiger partial charge < -0.3 is 20.2 Å². The lowest BCUT2D eigenvalue weighted by Crippen LogP contribution is -2.48. The molecule has 1 aromatic rings. The Kier molecular flexibility index (Phi) is 11.2. The van der Waals surface area contributed by atoms with Crippen LogP contribution in [0.5, 0.6) is 0 Å². The van der Waals surface area contributed by atoms with Crippen LogP contribution in [0.2, 0.25) is 0 Å². The highest BCUT2D eigenvalue weighted by Crippen LogP contribution is 2.30. The summed E-state index contributed by atoms with van der Waals surface area (Å²) in [6.45, 7) is 3.16. The highest BCUT2D eigenvalue weighted by Gasteiger charge is 2.38. The molecular weight excluding hydrogens is 508 g/mol. The van der Waals surface area contributed by atoms with Crippen LogP contribution >= 0.6 is 0 Å². The Hall–Kier alpha value is -2.83. The summed E-state index contributed by atoms with van der Waals surface area (Å²) in [5.74, 6) is -3.02. The first-order valence-electron chi connectivity index (χ1n) is 12.1. The van der Waals surface area contributed by atoms with Crippen molar-refractivity contribution in [3.05, 3.63) is 35.4 Å². The number of hydrogen-bond donors (Lipinski definition) is 2. The second kappa shape index (κ2) is 13.6. The molecule has 0 radical (unpaired) electrons. The summed E-state index contributed by atoms with van der Waals surface area (Å²) in [6, 6.07) is 4.41. The van der Waals surface area contributed by atoms with E-state index in [-0.39, 0.29) is 29.8 Å². The first-order chi connectivity index (χ1) is 17.3. The molecule has 2 aliphatic rings. The monoisotopic (exact) mass is 539 g/mol. The fraction of sp³-hybridized carbons (Fsp3) is 0.625. The number of halogens is 6. The zero-order valence-corrected chi connectivity index (χ0v) is 20.2. The molecule has 1 aliphatic carbocycles. The van der Waals surface area contributed by atoms with Crippen molar-refractivity contribution in [2.75, 3.05) is 32.7 Å². The van der Waals surface area contributed by atoms with E-state index >= 15 is 0 Å². The Morgan fingerprint density at radius 1 is 0.919 bits per heavy atom. The number of amides is 2. The molecule has 0 atom stereocenters. The van der Waals surface area contributed by atoms with Gasteiger partial charge in [0.25, 0.3) is 5.91 Å². The number of carbonyl (C=O) groups excluding carboxylic acids is 2. The standard InChI is InChI=1S/C22H30F3N3O2.C2HF3O2/c23-22(24,25)18-9-7-17(8-10-18)21(30)28(19-5-3-1-2-4-6-19)14-11-20(29)27-15-12-26-13-16-27;3-2(4,5)1(6)7/h7-10,19,26H,1-6,11-16H2;(H,6,7). The average Bonchev–Trinajstić information content (AvgIpc) is 3.13. The van der Waals surface area contributed by atoms with Crippen LogP contribution in [0.25, 0.3) is 0 Å². The Labute approximate surface area is 210 Å². The summed E-state index contributed by atoms with van der Waals surface area (Å²) in [4.78, 5) is 38.3. The van der Waals surface area contributed by atoms with Gasteiger partial charge in [-0.2, -0.15) is 26.3 Å². The maximum Gasteiger partial charge on any atom is 0.490 e. The number of rotatable bonds is 5. The maximum absolute atomic E-state index is 13.2. The first-order valence-corrected chi connectivity index (χ1v) is 12.1. The molecule has 1 saturated heterocycles. The van der Waals surface area contributed by atoms with E-state index in [4.69, 9.17) is 9.90 Å². The number of benzene rings is 1. The minimum Gasteiger partial charge on any atom is -0.475 e. The fourth-order valence-electron chi connectivity index (χ4n) is 4.28. The van der Waals surface area contributed by atoms with Crippen molar-refractivity contribution in [3.63, 3.8) is 0 Å². The van der Waals surface area contributed by atoms with Gasteiger partial charge in [0.05, 0.1) is 5.56 Å². The molecular formula is C24H31F6N3O4. The molecule has 1 aliphatic heterocycles. The molecule has 2 N–H and O–H groups in total. The molecule has 3 rings (SSSR count). The normalized spacial score (nSPS) is 17.3. The van der Waals surface area contributed by atoms with Gasteiger partial charge in [-0.25, -0.2) is 4.79 Å². The van der Waals surface area contributed by atoms with E-state index < -0.39 is 23.9 Å². The van der Waals surface area contributed by atoms with Gasteiger partial charge in [-0.3, -0.25) is 9.59 Å². The van der Waals surface area contributed by atoms with Crippen LogP contribution in [0, 0.1) is 0 Å². The van der Waals surface area contributed by atoms with Gasteiger partial charge in [0.15, 0.2) is 0 Å². The minimum atomic E-state index is -5.08. The number of carboxylic acid groups (broad SMARTS) is 1. The third kappa shape index (κ3) is 9.86. The molecule has 208 valence electrons. The molecule has 1 heterocycles. The van der Waals surface area contributed by atoms with Crippen LogP contribution in [0.1, 0.15) is 60.9 Å². The highest BCUT2D eigenvalue weighted by atomic mass is 19.4. The molecule has 2 fully saturated rings. The van der Waals surface area contributed by atoms with Crippen molar-refractivity contribution in [3.8, 4) is 0 Å². The molecule has 0 spiro atoms. The highest BCUT2D eigenvalue weighted by molar-refractivity contribution is 5.94. The van der Waals surface area contributed by atoms with Crippen molar-refractivity contribution in [2.24, 2.45) is 0 Å². The number of alkyl halides is 6. The van der Waals surface area contributed by atoms with Crippen molar-refractivity contribution in [2.45, 2.75) is 63.3 Å². The number of piperazine rings is 1. The Morgan fingerprint density at radius 3 is 1.89 bits per heavy atom. The van der Waals surface area contributed by atoms with Gasteiger partial charge in [-0.15, -0.1) is 0 Å². The van der Waals surface area contributed by atoms with E-state index in [0.717, 1.165) is 63.7 Å². The molecule has 37 heavy (non-hydrogen) atoms. The third-order valence-electron chi connectivity index (χ3n) is 6.26. The summed E-state index contributed by atoms with van der Waals surface area (Å²) in [5.41, 5.74) is -0.532. The number of carboxylic acids is 1. The second-order valence-electron chi connectivity index (χ2n) is 8.90. The van der Waals surface area contributed by atoms with Crippen LogP contribution in [0.4, 0.5) is 26.3 Å². The van der Waals surface area contributed by atoms with Crippen molar-refractivity contribution in [1.82, 2.24) is 15.1 Å². The van der Waals surface area contributed by atoms with Gasteiger partial charge in [0, 0.05) is 50.7 Å². The van der Waals surface area contributed by atoms with Crippen LogP contribution < -0.4 is 5.32 Å². The third-order valence-corrected chi connectivity index (χ3v) is 6.26. The first kappa shape index (κ1) is 30.4. The van der Waals surface area contributed by atoms with E-state index in [1.807, 2.05) is 4.90 Å². The Morgan fingerprint density at radius 2 is 1.43 bits per heavy atom. The predicted octanol–water partition coefficient (Wildman–Crippen LogP) is 4.33. The van der Waals surface area contributed by atoms with Gasteiger partial charge in [-0.1, -0.05) is 25.7 Å². The van der Waals surface area contributed by atoms with E-state index in [1.165, 1.54) is 12.1 Å². The molecule has 1 saturated carbocycles. The Bertz CT molecular complexity index is 891. The van der Waals surface area contributed by atoms with Gasteiger partial charge in [0.1, 0.15) is 0 Å². The zero-order valence-electron chi connectivity index (χ0n) is 20.2. The molecule has 13 heteroatoms. The largest absolute Gasteiger partial charge is 0.490 e. The van der Waals surface area contributed by atoms with Crippen LogP contribution in [-0.4, -0.2) is 77.6 Å². The minimum absolute atomic E-state index is 0.0235. The molecule has 0 unspecified atom stereocenters. The lowest BCUT2D eigenvalue weighted by atomic mass is 10.0. The molecule has 0 aromatic heterocycles.